The normalized spacial score (nSPS) is 12.7. The second kappa shape index (κ2) is 9.54. The molecule has 0 amide bonds. The Labute approximate surface area is 212 Å². The van der Waals surface area contributed by atoms with Crippen LogP contribution in [-0.2, 0) is 0 Å². The van der Waals surface area contributed by atoms with Crippen LogP contribution in [0.2, 0.25) is 0 Å². The van der Waals surface area contributed by atoms with Crippen molar-refractivity contribution in [2.45, 2.75) is 33.7 Å². The average Bonchev–Trinajstić information content (AvgIpc) is 3.58. The Kier molecular flexibility index (Phi) is 6.28. The van der Waals surface area contributed by atoms with Gasteiger partial charge in [0.05, 0.1) is 15.9 Å². The van der Waals surface area contributed by atoms with Gasteiger partial charge >= 0.3 is 0 Å². The molecule has 36 heavy (non-hydrogen) atoms. The lowest BCUT2D eigenvalue weighted by Gasteiger charge is -2.12. The van der Waals surface area contributed by atoms with Crippen molar-refractivity contribution in [3.8, 4) is 22.1 Å². The van der Waals surface area contributed by atoms with E-state index in [0.29, 0.717) is 22.6 Å². The summed E-state index contributed by atoms with van der Waals surface area (Å²) in [5, 5.41) is 11.5. The first-order chi connectivity index (χ1) is 17.4. The molecule has 3 N–H and O–H groups in total. The highest BCUT2D eigenvalue weighted by molar-refractivity contribution is 7.15. The van der Waals surface area contributed by atoms with E-state index >= 15 is 4.39 Å². The third-order valence-corrected chi connectivity index (χ3v) is 6.87. The maximum atomic E-state index is 15.2. The lowest BCUT2D eigenvalue weighted by Crippen LogP contribution is -2.20. The summed E-state index contributed by atoms with van der Waals surface area (Å²) in [6, 6.07) is 9.56. The van der Waals surface area contributed by atoms with Crippen LogP contribution in [0.5, 0.6) is 0 Å². The fraction of sp³-hybridized carbons (Fsp3) is 0.179. The van der Waals surface area contributed by atoms with Gasteiger partial charge in [-0.3, -0.25) is 10.1 Å². The molecule has 5 rings (SSSR count). The Bertz CT molecular complexity index is 1650. The Morgan fingerprint density at radius 2 is 2.00 bits per heavy atom. The first-order valence-corrected chi connectivity index (χ1v) is 12.6. The van der Waals surface area contributed by atoms with Crippen molar-refractivity contribution in [2.24, 2.45) is 0 Å². The molecular formula is C28H27FN6S. The number of imidazole rings is 1. The van der Waals surface area contributed by atoms with Crippen LogP contribution >= 0.6 is 11.3 Å². The van der Waals surface area contributed by atoms with Crippen LogP contribution in [0.4, 0.5) is 4.39 Å². The number of benzene rings is 1. The first kappa shape index (κ1) is 23.7. The fourth-order valence-corrected chi connectivity index (χ4v) is 5.07. The number of aromatic nitrogens is 5. The van der Waals surface area contributed by atoms with Gasteiger partial charge in [0.15, 0.2) is 5.82 Å². The van der Waals surface area contributed by atoms with Crippen LogP contribution in [0, 0.1) is 12.7 Å². The molecule has 0 fully saturated rings. The molecule has 0 radical (unpaired) electrons. The van der Waals surface area contributed by atoms with Gasteiger partial charge in [-0.15, -0.1) is 11.3 Å². The number of nitrogens with zero attached hydrogens (tertiary/aromatic N) is 3. The molecule has 0 atom stereocenters. The number of fused-ring (bicyclic) bond motifs is 2. The number of halogens is 1. The van der Waals surface area contributed by atoms with Crippen LogP contribution in [0.15, 0.2) is 67.0 Å². The second-order valence-corrected chi connectivity index (χ2v) is 10.1. The zero-order valence-corrected chi connectivity index (χ0v) is 21.4. The van der Waals surface area contributed by atoms with Gasteiger partial charge in [0, 0.05) is 39.8 Å². The standard InChI is InChI=1S/C28H27FN6S/c1-6-17(12-18(7-2)31-15(3)4)19-13-20-23(14-21(19)29)34-35-25(20)28-32-22-10-11-30-27(26(22)33-28)24-9-8-16(5)36-24/h6-15,31H,2H2,1,3-5H3,(H,32,33)(H,34,35)/b17-6+,18-12+. The van der Waals surface area contributed by atoms with Gasteiger partial charge in [0.1, 0.15) is 22.7 Å². The molecule has 5 aromatic rings. The topological polar surface area (TPSA) is 82.3 Å². The number of pyridine rings is 1. The minimum atomic E-state index is -0.334. The van der Waals surface area contributed by atoms with Gasteiger partial charge in [0.25, 0.3) is 0 Å². The van der Waals surface area contributed by atoms with Crippen molar-refractivity contribution in [3.05, 3.63) is 83.3 Å². The van der Waals surface area contributed by atoms with E-state index in [1.165, 1.54) is 10.9 Å². The third-order valence-electron chi connectivity index (χ3n) is 5.86. The maximum absolute atomic E-state index is 15.2. The summed E-state index contributed by atoms with van der Waals surface area (Å²) in [7, 11) is 0. The van der Waals surface area contributed by atoms with E-state index in [4.69, 9.17) is 4.98 Å². The van der Waals surface area contributed by atoms with Crippen molar-refractivity contribution in [1.29, 1.82) is 0 Å². The molecule has 4 aromatic heterocycles. The predicted molar refractivity (Wildman–Crippen MR) is 147 cm³/mol. The SMILES string of the molecule is C=C/C(=C\C(=C/C)c1cc2c(-c3nc4c(-c5ccc(C)s5)nccc4[nH]3)n[nH]c2cc1F)NC(C)C. The molecule has 0 aliphatic heterocycles. The lowest BCUT2D eigenvalue weighted by atomic mass is 10.0. The summed E-state index contributed by atoms with van der Waals surface area (Å²) >= 11 is 1.68. The van der Waals surface area contributed by atoms with Gasteiger partial charge in [-0.2, -0.15) is 5.10 Å². The Morgan fingerprint density at radius 1 is 1.17 bits per heavy atom. The van der Waals surface area contributed by atoms with Gasteiger partial charge in [-0.25, -0.2) is 9.37 Å². The van der Waals surface area contributed by atoms with Crippen molar-refractivity contribution in [3.63, 3.8) is 0 Å². The molecule has 182 valence electrons. The quantitative estimate of drug-likeness (QED) is 0.208. The van der Waals surface area contributed by atoms with E-state index in [-0.39, 0.29) is 11.9 Å². The van der Waals surface area contributed by atoms with E-state index in [9.17, 15) is 0 Å². The highest BCUT2D eigenvalue weighted by atomic mass is 32.1. The number of rotatable bonds is 7. The largest absolute Gasteiger partial charge is 0.383 e. The van der Waals surface area contributed by atoms with Crippen LogP contribution in [0.1, 0.15) is 31.2 Å². The molecule has 1 aromatic carbocycles. The van der Waals surface area contributed by atoms with E-state index in [2.05, 4.69) is 51.1 Å². The number of allylic oxidation sites excluding steroid dienone is 4. The van der Waals surface area contributed by atoms with Gasteiger partial charge in [-0.1, -0.05) is 12.7 Å². The number of thiophene rings is 1. The second-order valence-electron chi connectivity index (χ2n) is 8.85. The summed E-state index contributed by atoms with van der Waals surface area (Å²) in [6.07, 6.45) is 7.30. The van der Waals surface area contributed by atoms with Gasteiger partial charge in [0.2, 0.25) is 0 Å². The number of H-pyrrole nitrogens is 2. The third kappa shape index (κ3) is 4.35. The highest BCUT2D eigenvalue weighted by Gasteiger charge is 2.19. The van der Waals surface area contributed by atoms with E-state index in [1.54, 1.807) is 23.6 Å². The van der Waals surface area contributed by atoms with Crippen molar-refractivity contribution in [2.75, 3.05) is 0 Å². The van der Waals surface area contributed by atoms with E-state index in [0.717, 1.165) is 38.3 Å². The van der Waals surface area contributed by atoms with Gasteiger partial charge < -0.3 is 10.3 Å². The summed E-state index contributed by atoms with van der Waals surface area (Å²) in [6.45, 7) is 11.9. The summed E-state index contributed by atoms with van der Waals surface area (Å²) in [5.74, 6) is 0.265. The summed E-state index contributed by atoms with van der Waals surface area (Å²) in [4.78, 5) is 15.1. The van der Waals surface area contributed by atoms with Gasteiger partial charge in [-0.05, 0) is 69.7 Å². The molecule has 0 aliphatic carbocycles. The molecule has 0 bridgehead atoms. The number of aryl methyl sites for hydroxylation is 1. The van der Waals surface area contributed by atoms with Crippen LogP contribution in [0.3, 0.4) is 0 Å². The lowest BCUT2D eigenvalue weighted by molar-refractivity contribution is 0.626. The zero-order chi connectivity index (χ0) is 25.4. The molecule has 6 nitrogen and oxygen atoms in total. The Hall–Kier alpha value is -4.04. The van der Waals surface area contributed by atoms with Crippen LogP contribution < -0.4 is 5.32 Å². The minimum absolute atomic E-state index is 0.228. The monoisotopic (exact) mass is 498 g/mol. The molecule has 4 heterocycles. The van der Waals surface area contributed by atoms with Crippen molar-refractivity contribution < 1.29 is 4.39 Å². The molecule has 0 aliphatic rings. The number of hydrogen-bond donors (Lipinski definition) is 3. The summed E-state index contributed by atoms with van der Waals surface area (Å²) in [5.41, 5.74) is 5.75. The molecular weight excluding hydrogens is 471 g/mol. The fourth-order valence-electron chi connectivity index (χ4n) is 4.21. The van der Waals surface area contributed by atoms with Crippen LogP contribution in [-0.4, -0.2) is 31.2 Å². The first-order valence-electron chi connectivity index (χ1n) is 11.7. The Morgan fingerprint density at radius 3 is 2.69 bits per heavy atom. The maximum Gasteiger partial charge on any atom is 0.159 e. The minimum Gasteiger partial charge on any atom is -0.383 e. The highest BCUT2D eigenvalue weighted by Crippen LogP contribution is 2.34. The van der Waals surface area contributed by atoms with Crippen molar-refractivity contribution in [1.82, 2.24) is 30.5 Å². The van der Waals surface area contributed by atoms with E-state index in [1.807, 2.05) is 45.1 Å². The molecule has 0 saturated carbocycles. The number of nitrogens with one attached hydrogen (secondary N) is 3. The smallest absolute Gasteiger partial charge is 0.159 e. The number of aromatic amines is 2. The average molecular weight is 499 g/mol. The summed E-state index contributed by atoms with van der Waals surface area (Å²) < 4.78 is 15.2. The number of hydrogen-bond acceptors (Lipinski definition) is 5. The Balaban J connectivity index is 1.62. The predicted octanol–water partition coefficient (Wildman–Crippen LogP) is 7.15. The van der Waals surface area contributed by atoms with E-state index < -0.39 is 0 Å². The molecule has 0 unspecified atom stereocenters. The zero-order valence-electron chi connectivity index (χ0n) is 20.6. The van der Waals surface area contributed by atoms with Crippen molar-refractivity contribution >= 4 is 38.8 Å². The molecule has 0 saturated heterocycles. The van der Waals surface area contributed by atoms with Crippen LogP contribution in [0.25, 0.3) is 49.6 Å². The molecule has 8 heteroatoms. The molecule has 0 spiro atoms.